The molecule has 2 fully saturated rings. The third kappa shape index (κ3) is 7.22. The number of nitrogens with zero attached hydrogens (tertiary/aromatic N) is 4. The van der Waals surface area contributed by atoms with Crippen LogP contribution in [0, 0.1) is 0 Å². The molecule has 39 heavy (non-hydrogen) atoms. The van der Waals surface area contributed by atoms with Gasteiger partial charge < -0.3 is 25.6 Å². The van der Waals surface area contributed by atoms with E-state index in [-0.39, 0.29) is 24.0 Å². The van der Waals surface area contributed by atoms with Gasteiger partial charge in [0.2, 0.25) is 0 Å². The van der Waals surface area contributed by atoms with E-state index in [1.165, 1.54) is 18.3 Å². The van der Waals surface area contributed by atoms with Crippen molar-refractivity contribution < 1.29 is 36.9 Å². The molecule has 1 saturated carbocycles. The molecule has 212 valence electrons. The van der Waals surface area contributed by atoms with Gasteiger partial charge in [0.05, 0.1) is 18.2 Å². The van der Waals surface area contributed by atoms with Crippen LogP contribution in [0.25, 0.3) is 0 Å². The predicted molar refractivity (Wildman–Crippen MR) is 129 cm³/mol. The van der Waals surface area contributed by atoms with Crippen LogP contribution in [0.3, 0.4) is 0 Å². The summed E-state index contributed by atoms with van der Waals surface area (Å²) in [5, 5.41) is 14.7. The fourth-order valence-electron chi connectivity index (χ4n) is 4.19. The molecule has 2 aliphatic rings. The van der Waals surface area contributed by atoms with Gasteiger partial charge in [-0.05, 0) is 63.4 Å². The maximum Gasteiger partial charge on any atom is 0.410 e. The van der Waals surface area contributed by atoms with Crippen LogP contribution in [-0.4, -0.2) is 74.6 Å². The second-order valence-electron chi connectivity index (χ2n) is 10.6. The Balaban J connectivity index is 1.47. The van der Waals surface area contributed by atoms with Crippen LogP contribution in [0.5, 0.6) is 0 Å². The summed E-state index contributed by atoms with van der Waals surface area (Å²) in [6, 6.07) is -1.02. The molecule has 15 heteroatoms. The third-order valence-electron chi connectivity index (χ3n) is 6.10. The zero-order valence-corrected chi connectivity index (χ0v) is 21.8. The number of carbonyl (C=O) groups excluding carboxylic acids is 3. The molecule has 12 nitrogen and oxygen atoms in total. The summed E-state index contributed by atoms with van der Waals surface area (Å²) >= 11 is 0. The number of anilines is 1. The zero-order chi connectivity index (χ0) is 28.5. The van der Waals surface area contributed by atoms with Gasteiger partial charge in [0.1, 0.15) is 23.6 Å². The monoisotopic (exact) mass is 553 g/mol. The number of aromatic nitrogens is 3. The highest BCUT2D eigenvalue weighted by Crippen LogP contribution is 2.40. The number of ether oxygens (including phenoxy) is 1. The van der Waals surface area contributed by atoms with Gasteiger partial charge in [-0.25, -0.2) is 14.4 Å². The molecule has 1 saturated heterocycles. The number of hydrogen-bond donors (Lipinski definition) is 3. The van der Waals surface area contributed by atoms with E-state index in [2.05, 4.69) is 25.9 Å². The van der Waals surface area contributed by atoms with Crippen molar-refractivity contribution in [3.05, 3.63) is 35.3 Å². The van der Waals surface area contributed by atoms with Crippen molar-refractivity contribution in [2.45, 2.75) is 83.0 Å². The molecule has 0 spiro atoms. The lowest BCUT2D eigenvalue weighted by Gasteiger charge is -2.30. The quantitative estimate of drug-likeness (QED) is 0.429. The van der Waals surface area contributed by atoms with Crippen LogP contribution in [0.15, 0.2) is 23.0 Å². The predicted octanol–water partition coefficient (Wildman–Crippen LogP) is 2.74. The minimum Gasteiger partial charge on any atom is -0.370 e. The van der Waals surface area contributed by atoms with E-state index in [0.717, 1.165) is 17.7 Å². The van der Waals surface area contributed by atoms with E-state index in [1.807, 2.05) is 5.32 Å². The highest BCUT2D eigenvalue weighted by atomic mass is 19.4. The molecule has 0 bridgehead atoms. The first-order valence-electron chi connectivity index (χ1n) is 12.4. The first-order valence-corrected chi connectivity index (χ1v) is 12.4. The third-order valence-corrected chi connectivity index (χ3v) is 6.10. The molecule has 0 radical (unpaired) electrons. The number of rotatable bonds is 9. The standard InChI is InChI=1S/C24H30F3N7O5/c1-12(38-23(2,3)4)17(31-21(36)19-18(14-5-6-14)32-39-33-19)20(35)30-16-9-13(7-8-28-16)10-34-11-15(24(25,26)27)29-22(34)37/h7-9,12,14-15,17H,5-6,10-11H2,1-4H3,(H,29,37)(H,31,36)(H,28,30,35)/t12-,15+,17+/m1/s1. The molecule has 3 atom stereocenters. The lowest BCUT2D eigenvalue weighted by molar-refractivity contribution is -0.149. The fourth-order valence-corrected chi connectivity index (χ4v) is 4.19. The Bertz CT molecular complexity index is 1230. The molecule has 3 N–H and O–H groups in total. The van der Waals surface area contributed by atoms with Crippen LogP contribution in [0.4, 0.5) is 23.8 Å². The largest absolute Gasteiger partial charge is 0.410 e. The highest BCUT2D eigenvalue weighted by molar-refractivity contribution is 6.00. The van der Waals surface area contributed by atoms with Gasteiger partial charge in [-0.1, -0.05) is 5.16 Å². The number of amides is 4. The van der Waals surface area contributed by atoms with E-state index >= 15 is 0 Å². The topological polar surface area (TPSA) is 152 Å². The minimum atomic E-state index is -4.56. The van der Waals surface area contributed by atoms with Crippen molar-refractivity contribution in [3.63, 3.8) is 0 Å². The molecule has 2 aromatic rings. The van der Waals surface area contributed by atoms with E-state index in [9.17, 15) is 27.6 Å². The number of nitrogens with one attached hydrogen (secondary N) is 3. The summed E-state index contributed by atoms with van der Waals surface area (Å²) in [6.07, 6.45) is -2.27. The molecule has 1 aliphatic carbocycles. The van der Waals surface area contributed by atoms with Crippen molar-refractivity contribution in [1.29, 1.82) is 0 Å². The summed E-state index contributed by atoms with van der Waals surface area (Å²) in [6.45, 7) is 6.37. The first kappa shape index (κ1) is 28.3. The summed E-state index contributed by atoms with van der Waals surface area (Å²) in [7, 11) is 0. The van der Waals surface area contributed by atoms with E-state index in [4.69, 9.17) is 9.37 Å². The summed E-state index contributed by atoms with van der Waals surface area (Å²) in [5.74, 6) is -1.13. The molecule has 0 unspecified atom stereocenters. The molecule has 3 heterocycles. The molecule has 4 rings (SSSR count). The molecule has 0 aromatic carbocycles. The van der Waals surface area contributed by atoms with Gasteiger partial charge in [-0.2, -0.15) is 13.2 Å². The Labute approximate surface area is 222 Å². The molecular weight excluding hydrogens is 523 g/mol. The van der Waals surface area contributed by atoms with Crippen LogP contribution in [0.1, 0.15) is 68.2 Å². The van der Waals surface area contributed by atoms with Crippen LogP contribution in [-0.2, 0) is 16.1 Å². The van der Waals surface area contributed by atoms with Crippen LogP contribution in [0.2, 0.25) is 0 Å². The van der Waals surface area contributed by atoms with Gasteiger partial charge in [0.15, 0.2) is 5.69 Å². The molecule has 2 aromatic heterocycles. The van der Waals surface area contributed by atoms with Gasteiger partial charge in [-0.15, -0.1) is 0 Å². The molecular formula is C24H30F3N7O5. The smallest absolute Gasteiger partial charge is 0.370 e. The number of urea groups is 1. The second-order valence-corrected chi connectivity index (χ2v) is 10.6. The Morgan fingerprint density at radius 1 is 1.26 bits per heavy atom. The average Bonchev–Trinajstić information content (AvgIpc) is 3.42. The lowest BCUT2D eigenvalue weighted by Crippen LogP contribution is -2.52. The average molecular weight is 554 g/mol. The Kier molecular flexibility index (Phi) is 7.82. The SMILES string of the molecule is C[C@@H](OC(C)(C)C)[C@H](NC(=O)c1nonc1C1CC1)C(=O)Nc1cc(CN2C[C@@H](C(F)(F)F)NC2=O)ccn1. The number of carbonyl (C=O) groups is 3. The Morgan fingerprint density at radius 2 is 1.97 bits per heavy atom. The number of hydrogen-bond acceptors (Lipinski definition) is 8. The van der Waals surface area contributed by atoms with Gasteiger partial charge >= 0.3 is 12.2 Å². The first-order chi connectivity index (χ1) is 18.2. The van der Waals surface area contributed by atoms with Crippen molar-refractivity contribution in [1.82, 2.24) is 30.8 Å². The van der Waals surface area contributed by atoms with Gasteiger partial charge in [0.25, 0.3) is 11.8 Å². The summed E-state index contributed by atoms with van der Waals surface area (Å²) in [4.78, 5) is 43.5. The maximum atomic E-state index is 13.3. The van der Waals surface area contributed by atoms with E-state index in [1.54, 1.807) is 27.7 Å². The normalized spacial score (nSPS) is 19.4. The van der Waals surface area contributed by atoms with Crippen molar-refractivity contribution >= 4 is 23.7 Å². The Morgan fingerprint density at radius 3 is 2.59 bits per heavy atom. The van der Waals surface area contributed by atoms with Crippen molar-refractivity contribution in [2.24, 2.45) is 0 Å². The van der Waals surface area contributed by atoms with Crippen LogP contribution < -0.4 is 16.0 Å². The molecule has 1 aliphatic heterocycles. The lowest BCUT2D eigenvalue weighted by atomic mass is 10.1. The molecule has 4 amide bonds. The van der Waals surface area contributed by atoms with E-state index in [0.29, 0.717) is 11.3 Å². The highest BCUT2D eigenvalue weighted by Gasteiger charge is 2.46. The number of pyridine rings is 1. The number of halogens is 3. The van der Waals surface area contributed by atoms with Crippen molar-refractivity contribution in [3.8, 4) is 0 Å². The van der Waals surface area contributed by atoms with Crippen molar-refractivity contribution in [2.75, 3.05) is 11.9 Å². The Hall–Kier alpha value is -3.75. The van der Waals surface area contributed by atoms with E-state index < -0.39 is 54.4 Å². The minimum absolute atomic E-state index is 0.000526. The van der Waals surface area contributed by atoms with Gasteiger partial charge in [0, 0.05) is 18.7 Å². The summed E-state index contributed by atoms with van der Waals surface area (Å²) < 4.78 is 49.7. The van der Waals surface area contributed by atoms with Gasteiger partial charge in [-0.3, -0.25) is 9.59 Å². The second kappa shape index (κ2) is 10.8. The fraction of sp³-hybridized carbons (Fsp3) is 0.583. The maximum absolute atomic E-state index is 13.3. The summed E-state index contributed by atoms with van der Waals surface area (Å²) in [5.41, 5.74) is 0.240. The van der Waals surface area contributed by atoms with Crippen LogP contribution >= 0.6 is 0 Å². The zero-order valence-electron chi connectivity index (χ0n) is 21.8. The number of alkyl halides is 3.